The van der Waals surface area contributed by atoms with Crippen molar-refractivity contribution in [1.82, 2.24) is 19.1 Å². The van der Waals surface area contributed by atoms with Gasteiger partial charge in [-0.05, 0) is 25.1 Å². The van der Waals surface area contributed by atoms with E-state index >= 15 is 0 Å². The largest absolute Gasteiger partial charge is 0.419 e. The summed E-state index contributed by atoms with van der Waals surface area (Å²) in [7, 11) is 1.71. The Balaban J connectivity index is 1.98. The van der Waals surface area contributed by atoms with Gasteiger partial charge in [-0.3, -0.25) is 0 Å². The minimum atomic E-state index is -4.74. The average molecular weight is 338 g/mol. The predicted octanol–water partition coefficient (Wildman–Crippen LogP) is 3.80. The van der Waals surface area contributed by atoms with Crippen molar-refractivity contribution in [3.8, 4) is 11.3 Å². The molecule has 0 saturated heterocycles. The number of rotatable bonds is 3. The fourth-order valence-electron chi connectivity index (χ4n) is 2.49. The van der Waals surface area contributed by atoms with E-state index in [2.05, 4.69) is 9.97 Å². The van der Waals surface area contributed by atoms with Crippen LogP contribution in [0, 0.1) is 12.7 Å². The molecule has 4 nitrogen and oxygen atoms in total. The number of aromatic nitrogens is 4. The molecule has 0 aliphatic heterocycles. The molecule has 0 atom stereocenters. The van der Waals surface area contributed by atoms with Gasteiger partial charge in [0.15, 0.2) is 0 Å². The summed E-state index contributed by atoms with van der Waals surface area (Å²) in [4.78, 5) is 8.38. The Kier molecular flexibility index (Phi) is 3.90. The van der Waals surface area contributed by atoms with Crippen molar-refractivity contribution in [3.05, 3.63) is 59.8 Å². The van der Waals surface area contributed by atoms with Gasteiger partial charge in [-0.2, -0.15) is 13.2 Å². The molecule has 0 amide bonds. The second-order valence-electron chi connectivity index (χ2n) is 5.41. The number of imidazole rings is 2. The summed E-state index contributed by atoms with van der Waals surface area (Å²) in [6.07, 6.45) is 0.197. The third-order valence-corrected chi connectivity index (χ3v) is 3.89. The van der Waals surface area contributed by atoms with Gasteiger partial charge in [0.05, 0.1) is 24.0 Å². The monoisotopic (exact) mass is 338 g/mol. The van der Waals surface area contributed by atoms with Crippen LogP contribution in [0.3, 0.4) is 0 Å². The zero-order valence-electron chi connectivity index (χ0n) is 13.0. The zero-order chi connectivity index (χ0) is 17.5. The normalized spacial score (nSPS) is 11.9. The summed E-state index contributed by atoms with van der Waals surface area (Å²) in [5, 5.41) is 0. The molecule has 1 aromatic carbocycles. The molecule has 0 spiro atoms. The zero-order valence-corrected chi connectivity index (χ0v) is 13.0. The molecule has 0 N–H and O–H groups in total. The van der Waals surface area contributed by atoms with Crippen molar-refractivity contribution in [2.24, 2.45) is 7.05 Å². The summed E-state index contributed by atoms with van der Waals surface area (Å²) in [6.45, 7) is 2.29. The van der Waals surface area contributed by atoms with Gasteiger partial charge in [0, 0.05) is 25.0 Å². The maximum absolute atomic E-state index is 13.4. The van der Waals surface area contributed by atoms with Crippen LogP contribution in [0.2, 0.25) is 0 Å². The Morgan fingerprint density at radius 3 is 2.54 bits per heavy atom. The molecule has 2 heterocycles. The van der Waals surface area contributed by atoms with Crippen molar-refractivity contribution in [2.45, 2.75) is 19.6 Å². The first-order chi connectivity index (χ1) is 11.3. The molecule has 0 aliphatic carbocycles. The molecule has 0 radical (unpaired) electrons. The van der Waals surface area contributed by atoms with Crippen LogP contribution in [0.25, 0.3) is 11.3 Å². The number of hydrogen-bond acceptors (Lipinski definition) is 2. The van der Waals surface area contributed by atoms with Gasteiger partial charge in [-0.25, -0.2) is 14.4 Å². The molecule has 24 heavy (non-hydrogen) atoms. The second kappa shape index (κ2) is 5.77. The van der Waals surface area contributed by atoms with Crippen LogP contribution in [-0.4, -0.2) is 19.1 Å². The molecule has 2 aromatic heterocycles. The summed E-state index contributed by atoms with van der Waals surface area (Å²) in [5.74, 6) is 0.173. The van der Waals surface area contributed by atoms with Crippen molar-refractivity contribution in [1.29, 1.82) is 0 Å². The fourth-order valence-corrected chi connectivity index (χ4v) is 2.49. The highest BCUT2D eigenvalue weighted by Gasteiger charge is 2.34. The molecule has 0 aliphatic rings. The number of benzene rings is 1. The smallest absolute Gasteiger partial charge is 0.330 e. The first kappa shape index (κ1) is 16.2. The number of alkyl halides is 3. The van der Waals surface area contributed by atoms with Gasteiger partial charge in [-0.1, -0.05) is 0 Å². The van der Waals surface area contributed by atoms with E-state index in [-0.39, 0.29) is 5.56 Å². The van der Waals surface area contributed by atoms with Crippen LogP contribution in [0.4, 0.5) is 17.6 Å². The van der Waals surface area contributed by atoms with Gasteiger partial charge in [-0.15, -0.1) is 0 Å². The van der Waals surface area contributed by atoms with E-state index in [1.165, 1.54) is 12.3 Å². The lowest BCUT2D eigenvalue weighted by atomic mass is 10.1. The Labute approximate surface area is 135 Å². The summed E-state index contributed by atoms with van der Waals surface area (Å²) in [6, 6.07) is 2.94. The lowest BCUT2D eigenvalue weighted by Gasteiger charge is -2.11. The molecule has 3 rings (SSSR count). The number of aryl methyl sites for hydroxylation is 1. The molecule has 8 heteroatoms. The first-order valence-corrected chi connectivity index (χ1v) is 7.13. The molecule has 0 fully saturated rings. The third kappa shape index (κ3) is 2.91. The fraction of sp³-hybridized carbons (Fsp3) is 0.250. The molecular weight excluding hydrogens is 324 g/mol. The van der Waals surface area contributed by atoms with Crippen LogP contribution >= 0.6 is 0 Å². The van der Waals surface area contributed by atoms with E-state index in [1.54, 1.807) is 24.0 Å². The van der Waals surface area contributed by atoms with E-state index in [1.807, 2.05) is 11.5 Å². The summed E-state index contributed by atoms with van der Waals surface area (Å²) in [5.41, 5.74) is -0.547. The standard InChI is InChI=1S/C16H14F4N4/c1-10-21-5-6-24(10)9-15-22-8-14(23(15)2)11-3-4-13(17)12(7-11)16(18,19)20/h3-8H,9H2,1-2H3. The Morgan fingerprint density at radius 1 is 1.17 bits per heavy atom. The maximum atomic E-state index is 13.4. The number of hydrogen-bond donors (Lipinski definition) is 0. The number of nitrogens with zero attached hydrogens (tertiary/aromatic N) is 4. The first-order valence-electron chi connectivity index (χ1n) is 7.13. The van der Waals surface area contributed by atoms with Crippen LogP contribution in [-0.2, 0) is 19.8 Å². The van der Waals surface area contributed by atoms with Crippen LogP contribution in [0.15, 0.2) is 36.8 Å². The highest BCUT2D eigenvalue weighted by atomic mass is 19.4. The third-order valence-electron chi connectivity index (χ3n) is 3.89. The van der Waals surface area contributed by atoms with E-state index in [0.717, 1.165) is 18.0 Å². The highest BCUT2D eigenvalue weighted by Crippen LogP contribution is 2.34. The van der Waals surface area contributed by atoms with Crippen molar-refractivity contribution in [3.63, 3.8) is 0 Å². The Bertz CT molecular complexity index is 877. The molecule has 126 valence electrons. The number of halogens is 4. The molecule has 0 unspecified atom stereocenters. The Hall–Kier alpha value is -2.64. The summed E-state index contributed by atoms with van der Waals surface area (Å²) >= 11 is 0. The topological polar surface area (TPSA) is 35.6 Å². The molecule has 0 saturated carbocycles. The van der Waals surface area contributed by atoms with Crippen molar-refractivity contribution < 1.29 is 17.6 Å². The van der Waals surface area contributed by atoms with E-state index in [4.69, 9.17) is 0 Å². The van der Waals surface area contributed by atoms with Crippen molar-refractivity contribution in [2.75, 3.05) is 0 Å². The van der Waals surface area contributed by atoms with E-state index in [0.29, 0.717) is 18.1 Å². The average Bonchev–Trinajstić information content (AvgIpc) is 3.06. The lowest BCUT2D eigenvalue weighted by Crippen LogP contribution is -2.09. The summed E-state index contributed by atoms with van der Waals surface area (Å²) < 4.78 is 55.6. The molecule has 3 aromatic rings. The minimum Gasteiger partial charge on any atom is -0.330 e. The molecular formula is C16H14F4N4. The van der Waals surface area contributed by atoms with E-state index < -0.39 is 17.6 Å². The highest BCUT2D eigenvalue weighted by molar-refractivity contribution is 5.60. The van der Waals surface area contributed by atoms with Gasteiger partial charge in [0.25, 0.3) is 0 Å². The maximum Gasteiger partial charge on any atom is 0.419 e. The lowest BCUT2D eigenvalue weighted by molar-refractivity contribution is -0.139. The SMILES string of the molecule is Cc1nccn1Cc1ncc(-c2ccc(F)c(C(F)(F)F)c2)n1C. The van der Waals surface area contributed by atoms with Crippen LogP contribution < -0.4 is 0 Å². The van der Waals surface area contributed by atoms with Crippen molar-refractivity contribution >= 4 is 0 Å². The van der Waals surface area contributed by atoms with Gasteiger partial charge < -0.3 is 9.13 Å². The second-order valence-corrected chi connectivity index (χ2v) is 5.41. The van der Waals surface area contributed by atoms with Gasteiger partial charge >= 0.3 is 6.18 Å². The Morgan fingerprint density at radius 2 is 1.92 bits per heavy atom. The van der Waals surface area contributed by atoms with E-state index in [9.17, 15) is 17.6 Å². The van der Waals surface area contributed by atoms with Crippen LogP contribution in [0.5, 0.6) is 0 Å². The van der Waals surface area contributed by atoms with Gasteiger partial charge in [0.2, 0.25) is 0 Å². The van der Waals surface area contributed by atoms with Gasteiger partial charge in [0.1, 0.15) is 17.5 Å². The minimum absolute atomic E-state index is 0.257. The van der Waals surface area contributed by atoms with Crippen LogP contribution in [0.1, 0.15) is 17.2 Å². The quantitative estimate of drug-likeness (QED) is 0.681. The predicted molar refractivity (Wildman–Crippen MR) is 79.7 cm³/mol. The molecule has 0 bridgehead atoms.